The van der Waals surface area contributed by atoms with Gasteiger partial charge in [-0.15, -0.1) is 11.3 Å². The number of hydrogen-bond donors (Lipinski definition) is 0. The van der Waals surface area contributed by atoms with Crippen molar-refractivity contribution in [2.75, 3.05) is 0 Å². The van der Waals surface area contributed by atoms with E-state index in [1.54, 1.807) is 16.8 Å². The molecular formula is C13H21N3S2. The van der Waals surface area contributed by atoms with Gasteiger partial charge in [-0.1, -0.05) is 41.5 Å². The minimum atomic E-state index is 0.111. The van der Waals surface area contributed by atoms with E-state index in [1.807, 2.05) is 11.6 Å². The Bertz CT molecular complexity index is 389. The third kappa shape index (κ3) is 4.82. The lowest BCUT2D eigenvalue weighted by Crippen LogP contribution is -2.12. The maximum Gasteiger partial charge on any atom is 0.147 e. The Kier molecular flexibility index (Phi) is 4.99. The SMILES string of the molecule is CC(C)(C)c1nccs1.CC(C)(C)c1ncsn1. The molecule has 0 aliphatic rings. The van der Waals surface area contributed by atoms with E-state index < -0.39 is 0 Å². The largest absolute Gasteiger partial charge is 0.249 e. The highest BCUT2D eigenvalue weighted by molar-refractivity contribution is 7.09. The van der Waals surface area contributed by atoms with Crippen LogP contribution in [0.5, 0.6) is 0 Å². The van der Waals surface area contributed by atoms with Crippen molar-refractivity contribution in [2.45, 2.75) is 52.4 Å². The lowest BCUT2D eigenvalue weighted by atomic mass is 9.96. The third-order valence-corrected chi connectivity index (χ3v) is 3.78. The summed E-state index contributed by atoms with van der Waals surface area (Å²) >= 11 is 3.12. The Morgan fingerprint density at radius 2 is 1.61 bits per heavy atom. The van der Waals surface area contributed by atoms with E-state index in [1.165, 1.54) is 16.5 Å². The van der Waals surface area contributed by atoms with Gasteiger partial charge >= 0.3 is 0 Å². The Morgan fingerprint density at radius 3 is 1.83 bits per heavy atom. The number of rotatable bonds is 0. The van der Waals surface area contributed by atoms with E-state index in [9.17, 15) is 0 Å². The summed E-state index contributed by atoms with van der Waals surface area (Å²) in [5, 5.41) is 3.23. The smallest absolute Gasteiger partial charge is 0.147 e. The molecule has 0 saturated heterocycles. The minimum Gasteiger partial charge on any atom is -0.249 e. The van der Waals surface area contributed by atoms with Crippen molar-refractivity contribution in [3.63, 3.8) is 0 Å². The van der Waals surface area contributed by atoms with Gasteiger partial charge in [0.05, 0.1) is 5.01 Å². The molecule has 18 heavy (non-hydrogen) atoms. The Morgan fingerprint density at radius 1 is 0.944 bits per heavy atom. The van der Waals surface area contributed by atoms with Crippen LogP contribution >= 0.6 is 22.9 Å². The number of thiazole rings is 1. The van der Waals surface area contributed by atoms with Gasteiger partial charge in [0.1, 0.15) is 11.3 Å². The summed E-state index contributed by atoms with van der Waals surface area (Å²) in [6.45, 7) is 12.8. The Hall–Kier alpha value is -0.810. The highest BCUT2D eigenvalue weighted by Crippen LogP contribution is 2.23. The van der Waals surface area contributed by atoms with Crippen molar-refractivity contribution >= 4 is 22.9 Å². The summed E-state index contributed by atoms with van der Waals surface area (Å²) in [5.41, 5.74) is 2.11. The molecule has 100 valence electrons. The zero-order valence-electron chi connectivity index (χ0n) is 11.9. The molecular weight excluding hydrogens is 262 g/mol. The summed E-state index contributed by atoms with van der Waals surface area (Å²) in [6, 6.07) is 0. The summed E-state index contributed by atoms with van der Waals surface area (Å²) in [6.07, 6.45) is 1.85. The molecule has 0 aliphatic heterocycles. The molecule has 0 spiro atoms. The zero-order chi connectivity index (χ0) is 13.8. The Balaban J connectivity index is 0.000000180. The van der Waals surface area contributed by atoms with Crippen LogP contribution in [0.4, 0.5) is 0 Å². The molecule has 0 radical (unpaired) electrons. The van der Waals surface area contributed by atoms with Gasteiger partial charge in [0.15, 0.2) is 0 Å². The molecule has 2 rings (SSSR count). The predicted octanol–water partition coefficient (Wildman–Crippen LogP) is 4.28. The quantitative estimate of drug-likeness (QED) is 0.724. The maximum absolute atomic E-state index is 4.21. The van der Waals surface area contributed by atoms with Gasteiger partial charge in [0.25, 0.3) is 0 Å². The van der Waals surface area contributed by atoms with Crippen LogP contribution < -0.4 is 0 Å². The molecule has 2 aromatic heterocycles. The van der Waals surface area contributed by atoms with Gasteiger partial charge in [-0.25, -0.2) is 9.97 Å². The second kappa shape index (κ2) is 5.89. The molecule has 0 saturated carbocycles. The van der Waals surface area contributed by atoms with Crippen molar-refractivity contribution < 1.29 is 0 Å². The van der Waals surface area contributed by atoms with Crippen LogP contribution in [0, 0.1) is 0 Å². The molecule has 0 atom stereocenters. The van der Waals surface area contributed by atoms with Crippen LogP contribution in [-0.4, -0.2) is 14.3 Å². The van der Waals surface area contributed by atoms with Gasteiger partial charge in [-0.2, -0.15) is 4.37 Å². The summed E-state index contributed by atoms with van der Waals surface area (Å²) in [4.78, 5) is 8.30. The van der Waals surface area contributed by atoms with Crippen molar-refractivity contribution in [3.05, 3.63) is 27.9 Å². The van der Waals surface area contributed by atoms with E-state index in [2.05, 4.69) is 55.9 Å². The van der Waals surface area contributed by atoms with Crippen LogP contribution in [0.3, 0.4) is 0 Å². The first kappa shape index (κ1) is 15.2. The molecule has 2 aromatic rings. The molecule has 0 amide bonds. The zero-order valence-corrected chi connectivity index (χ0v) is 13.5. The first-order valence-corrected chi connectivity index (χ1v) is 7.59. The van der Waals surface area contributed by atoms with Crippen LogP contribution in [-0.2, 0) is 10.8 Å². The Labute approximate surface area is 117 Å². The fraction of sp³-hybridized carbons (Fsp3) is 0.615. The number of aromatic nitrogens is 3. The molecule has 0 aromatic carbocycles. The van der Waals surface area contributed by atoms with E-state index in [-0.39, 0.29) is 10.8 Å². The third-order valence-electron chi connectivity index (χ3n) is 2.11. The second-order valence-electron chi connectivity index (χ2n) is 6.09. The van der Waals surface area contributed by atoms with Crippen molar-refractivity contribution in [2.24, 2.45) is 0 Å². The van der Waals surface area contributed by atoms with Crippen molar-refractivity contribution in [3.8, 4) is 0 Å². The number of hydrogen-bond acceptors (Lipinski definition) is 5. The molecule has 0 bridgehead atoms. The number of nitrogens with zero attached hydrogens (tertiary/aromatic N) is 3. The molecule has 0 unspecified atom stereocenters. The maximum atomic E-state index is 4.21. The molecule has 2 heterocycles. The first-order chi connectivity index (χ1) is 8.21. The first-order valence-electron chi connectivity index (χ1n) is 5.88. The monoisotopic (exact) mass is 283 g/mol. The average Bonchev–Trinajstić information content (AvgIpc) is 2.91. The van der Waals surface area contributed by atoms with Crippen LogP contribution in [0.15, 0.2) is 17.1 Å². The highest BCUT2D eigenvalue weighted by Gasteiger charge is 2.16. The lowest BCUT2D eigenvalue weighted by Gasteiger charge is -2.12. The van der Waals surface area contributed by atoms with E-state index >= 15 is 0 Å². The molecule has 0 fully saturated rings. The predicted molar refractivity (Wildman–Crippen MR) is 79.4 cm³/mol. The topological polar surface area (TPSA) is 38.7 Å². The van der Waals surface area contributed by atoms with Gasteiger partial charge < -0.3 is 0 Å². The van der Waals surface area contributed by atoms with Gasteiger partial charge in [-0.05, 0) is 11.5 Å². The van der Waals surface area contributed by atoms with E-state index in [0.717, 1.165) is 5.82 Å². The molecule has 0 aliphatic carbocycles. The van der Waals surface area contributed by atoms with Crippen molar-refractivity contribution in [1.29, 1.82) is 0 Å². The highest BCUT2D eigenvalue weighted by atomic mass is 32.1. The van der Waals surface area contributed by atoms with E-state index in [0.29, 0.717) is 0 Å². The second-order valence-corrected chi connectivity index (χ2v) is 7.59. The fourth-order valence-electron chi connectivity index (χ4n) is 1.09. The van der Waals surface area contributed by atoms with Crippen LogP contribution in [0.1, 0.15) is 52.4 Å². The summed E-state index contributed by atoms with van der Waals surface area (Å²) in [7, 11) is 0. The molecule has 5 heteroatoms. The standard InChI is InChI=1S/C7H11NS.C6H10N2S/c1-7(2,3)6-8-4-5-9-6;1-6(2,3)5-7-4-9-8-5/h4-5H,1-3H3;4H,1-3H3. The average molecular weight is 283 g/mol. The van der Waals surface area contributed by atoms with E-state index in [4.69, 9.17) is 0 Å². The van der Waals surface area contributed by atoms with Crippen LogP contribution in [0.2, 0.25) is 0 Å². The lowest BCUT2D eigenvalue weighted by molar-refractivity contribution is 0.555. The summed E-state index contributed by atoms with van der Waals surface area (Å²) < 4.78 is 4.12. The molecule has 0 N–H and O–H groups in total. The summed E-state index contributed by atoms with van der Waals surface area (Å²) in [5.74, 6) is 0.938. The molecule has 3 nitrogen and oxygen atoms in total. The van der Waals surface area contributed by atoms with Crippen molar-refractivity contribution in [1.82, 2.24) is 14.3 Å². The minimum absolute atomic E-state index is 0.111. The van der Waals surface area contributed by atoms with Gasteiger partial charge in [0, 0.05) is 22.4 Å². The normalized spacial score (nSPS) is 11.9. The fourth-order valence-corrected chi connectivity index (χ4v) is 2.44. The van der Waals surface area contributed by atoms with Gasteiger partial charge in [-0.3, -0.25) is 0 Å². The van der Waals surface area contributed by atoms with Crippen LogP contribution in [0.25, 0.3) is 0 Å². The van der Waals surface area contributed by atoms with Gasteiger partial charge in [0.2, 0.25) is 0 Å².